The smallest absolute Gasteiger partial charge is 0.247 e. The molecule has 0 spiro atoms. The average molecular weight is 901 g/mol. The predicted molar refractivity (Wildman–Crippen MR) is 198 cm³/mol. The first kappa shape index (κ1) is 48.3. The van der Waals surface area contributed by atoms with Crippen molar-refractivity contribution in [1.82, 2.24) is 0 Å². The standard InChI is InChI=1S/C20H17O2.2C7H7O3S.C7H7.2Y/c1-21-18-11-7-16(8-12-18)15-17-9-13-20(14-10-17)22-19-5-3-2-4-6-19;1-6-4-2-3-5-7(6)11(8,9)10;1-6-4-2-3-5-7(6)11-10-9-8;1-7-5-3-2-4-6-7;;/h3-14H,15H2,1H3;2,4-5H,1H3,(H,8,9,10);2,4-5,8H,1H3;3-6H,1H3;;/q4*-1;;. The van der Waals surface area contributed by atoms with Gasteiger partial charge >= 0.3 is 0 Å². The van der Waals surface area contributed by atoms with Crippen molar-refractivity contribution in [3.05, 3.63) is 186 Å². The molecule has 0 atom stereocenters. The topological polar surface area (TPSA) is 112 Å². The number of ether oxygens (including phenoxy) is 2. The van der Waals surface area contributed by atoms with Crippen LogP contribution in [0.2, 0.25) is 0 Å². The molecule has 12 heteroatoms. The zero-order valence-electron chi connectivity index (χ0n) is 29.7. The minimum atomic E-state index is -4.06. The molecule has 2 radical (unpaired) electrons. The fourth-order valence-electron chi connectivity index (χ4n) is 4.11. The maximum Gasteiger partial charge on any atom is 0.247 e. The third kappa shape index (κ3) is 19.4. The van der Waals surface area contributed by atoms with Gasteiger partial charge in [0.05, 0.1) is 7.11 Å². The van der Waals surface area contributed by atoms with Crippen LogP contribution in [-0.4, -0.2) is 25.3 Å². The number of hydrogen-bond donors (Lipinski definition) is 2. The van der Waals surface area contributed by atoms with Gasteiger partial charge in [-0.2, -0.15) is 103 Å². The Kier molecular flexibility index (Phi) is 24.5. The molecular weight excluding hydrogens is 862 g/mol. The first-order valence-electron chi connectivity index (χ1n) is 15.4. The molecule has 8 nitrogen and oxygen atoms in total. The second-order valence-corrected chi connectivity index (χ2v) is 12.8. The van der Waals surface area contributed by atoms with Gasteiger partial charge in [0.15, 0.2) is 0 Å². The normalized spacial score (nSPS) is 9.85. The van der Waals surface area contributed by atoms with Crippen LogP contribution >= 0.6 is 12.0 Å². The molecule has 0 aliphatic carbocycles. The Morgan fingerprint density at radius 2 is 1.09 bits per heavy atom. The van der Waals surface area contributed by atoms with E-state index in [1.807, 2.05) is 85.8 Å². The van der Waals surface area contributed by atoms with Crippen molar-refractivity contribution in [2.75, 3.05) is 7.11 Å². The van der Waals surface area contributed by atoms with Crippen LogP contribution in [0.1, 0.15) is 27.8 Å². The van der Waals surface area contributed by atoms with Gasteiger partial charge < -0.3 is 9.47 Å². The van der Waals surface area contributed by atoms with E-state index in [0.717, 1.165) is 46.2 Å². The second-order valence-electron chi connectivity index (χ2n) is 10.7. The minimum absolute atomic E-state index is 0. The fourth-order valence-corrected chi connectivity index (χ4v) is 5.22. The molecule has 0 aromatic heterocycles. The molecule has 53 heavy (non-hydrogen) atoms. The van der Waals surface area contributed by atoms with E-state index in [2.05, 4.69) is 64.8 Å². The Balaban J connectivity index is 0.000000384. The van der Waals surface area contributed by atoms with E-state index in [-0.39, 0.29) is 70.3 Å². The molecule has 6 rings (SSSR count). The molecule has 0 saturated carbocycles. The Hall–Kier alpha value is -2.73. The average Bonchev–Trinajstić information content (AvgIpc) is 3.14. The molecule has 6 aromatic rings. The summed E-state index contributed by atoms with van der Waals surface area (Å²) in [5, 5.41) is 11.3. The molecule has 6 aromatic carbocycles. The molecular formula is C41H38O8S2Y2-4. The maximum atomic E-state index is 10.6. The third-order valence-corrected chi connectivity index (χ3v) is 8.54. The van der Waals surface area contributed by atoms with Crippen molar-refractivity contribution >= 4 is 22.2 Å². The molecule has 0 saturated heterocycles. The summed E-state index contributed by atoms with van der Waals surface area (Å²) in [4.78, 5) is 0.779. The number of rotatable bonds is 9. The summed E-state index contributed by atoms with van der Waals surface area (Å²) in [6.45, 7) is 5.60. The van der Waals surface area contributed by atoms with E-state index in [1.165, 1.54) is 22.8 Å². The molecule has 0 amide bonds. The molecule has 0 bridgehead atoms. The van der Waals surface area contributed by atoms with E-state index < -0.39 is 10.1 Å². The first-order chi connectivity index (χ1) is 24.6. The quantitative estimate of drug-likeness (QED) is 0.0482. The van der Waals surface area contributed by atoms with Gasteiger partial charge in [-0.15, -0.1) is 27.6 Å². The summed E-state index contributed by atoms with van der Waals surface area (Å²) in [6.07, 6.45) is 0.893. The molecule has 0 heterocycles. The van der Waals surface area contributed by atoms with E-state index in [1.54, 1.807) is 38.3 Å². The summed E-state index contributed by atoms with van der Waals surface area (Å²) in [7, 11) is -2.39. The molecule has 0 unspecified atom stereocenters. The first-order valence-corrected chi connectivity index (χ1v) is 17.6. The maximum absolute atomic E-state index is 10.6. The summed E-state index contributed by atoms with van der Waals surface area (Å²) in [6, 6.07) is 52.9. The Bertz CT molecular complexity index is 1960. The van der Waals surface area contributed by atoms with E-state index in [4.69, 9.17) is 19.3 Å². The Morgan fingerprint density at radius 3 is 1.53 bits per heavy atom. The Morgan fingerprint density at radius 1 is 0.623 bits per heavy atom. The zero-order valence-corrected chi connectivity index (χ0v) is 37.0. The third-order valence-electron chi connectivity index (χ3n) is 6.80. The number of hydrogen-bond acceptors (Lipinski definition) is 8. The van der Waals surface area contributed by atoms with Crippen LogP contribution in [0, 0.1) is 45.0 Å². The van der Waals surface area contributed by atoms with E-state index in [0.29, 0.717) is 5.56 Å². The van der Waals surface area contributed by atoms with Gasteiger partial charge in [0.1, 0.15) is 11.5 Å². The van der Waals surface area contributed by atoms with Crippen LogP contribution in [0.25, 0.3) is 0 Å². The summed E-state index contributed by atoms with van der Waals surface area (Å²) >= 11 is 0.944. The zero-order chi connectivity index (χ0) is 36.9. The van der Waals surface area contributed by atoms with Crippen LogP contribution in [-0.2, 0) is 91.3 Å². The van der Waals surface area contributed by atoms with Gasteiger partial charge in [-0.05, 0) is 46.7 Å². The van der Waals surface area contributed by atoms with Crippen molar-refractivity contribution in [1.29, 1.82) is 0 Å². The van der Waals surface area contributed by atoms with E-state index in [9.17, 15) is 8.42 Å². The van der Waals surface area contributed by atoms with Gasteiger partial charge in [-0.1, -0.05) is 55.0 Å². The number of methoxy groups -OCH3 is 1. The molecule has 272 valence electrons. The van der Waals surface area contributed by atoms with Gasteiger partial charge in [-0.25, -0.2) is 13.7 Å². The van der Waals surface area contributed by atoms with E-state index >= 15 is 0 Å². The largest absolute Gasteiger partial charge is 0.497 e. The van der Waals surface area contributed by atoms with Crippen LogP contribution in [0.15, 0.2) is 143 Å². The second kappa shape index (κ2) is 26.9. The Labute approximate surface area is 367 Å². The van der Waals surface area contributed by atoms with Crippen LogP contribution < -0.4 is 9.47 Å². The van der Waals surface area contributed by atoms with Crippen molar-refractivity contribution in [3.63, 3.8) is 0 Å². The molecule has 2 N–H and O–H groups in total. The molecule has 0 aliphatic rings. The van der Waals surface area contributed by atoms with Gasteiger partial charge in [-0.3, -0.25) is 4.55 Å². The summed E-state index contributed by atoms with van der Waals surface area (Å²) < 4.78 is 45.0. The van der Waals surface area contributed by atoms with Crippen molar-refractivity contribution in [3.8, 4) is 17.2 Å². The monoisotopic (exact) mass is 900 g/mol. The number of aryl methyl sites for hydroxylation is 3. The van der Waals surface area contributed by atoms with Gasteiger partial charge in [0.25, 0.3) is 0 Å². The number of benzene rings is 6. The summed E-state index contributed by atoms with van der Waals surface area (Å²) in [5.41, 5.74) is 5.36. The van der Waals surface area contributed by atoms with Crippen molar-refractivity contribution in [2.45, 2.75) is 37.0 Å². The van der Waals surface area contributed by atoms with Gasteiger partial charge in [0, 0.05) is 83.2 Å². The fraction of sp³-hybridized carbons (Fsp3) is 0.122. The predicted octanol–water partition coefficient (Wildman–Crippen LogP) is 9.93. The van der Waals surface area contributed by atoms with Crippen LogP contribution in [0.4, 0.5) is 0 Å². The SMILES string of the molecule is COc1ccc(Cc2ccc(Oc3cc[c-]cc3)cc2)cc1.Cc1cc[c-]cc1.Cc1cc[c-]cc1S(=O)(=O)O.Cc1cc[c-]cc1SOOO.[Y].[Y]. The van der Waals surface area contributed by atoms with Crippen molar-refractivity contribution in [2.24, 2.45) is 0 Å². The minimum Gasteiger partial charge on any atom is -0.497 e. The summed E-state index contributed by atoms with van der Waals surface area (Å²) in [5.74, 6) is 2.54. The van der Waals surface area contributed by atoms with Crippen LogP contribution in [0.5, 0.6) is 17.2 Å². The molecule has 0 fully saturated rings. The molecule has 0 aliphatic heterocycles. The van der Waals surface area contributed by atoms with Gasteiger partial charge in [0.2, 0.25) is 10.1 Å². The van der Waals surface area contributed by atoms with Crippen LogP contribution in [0.3, 0.4) is 0 Å². The van der Waals surface area contributed by atoms with Crippen molar-refractivity contribution < 1.29 is 102 Å².